The summed E-state index contributed by atoms with van der Waals surface area (Å²) in [4.78, 5) is 23.7. The fraction of sp³-hybridized carbons (Fsp3) is 0.368. The maximum absolute atomic E-state index is 14.0. The third kappa shape index (κ3) is 2.91. The minimum Gasteiger partial charge on any atom is -0.486 e. The number of carbonyl (C=O) groups excluding carboxylic acids is 1. The van der Waals surface area contributed by atoms with Crippen LogP contribution in [-0.4, -0.2) is 44.4 Å². The summed E-state index contributed by atoms with van der Waals surface area (Å²) in [6.07, 6.45) is 4.15. The van der Waals surface area contributed by atoms with Crippen molar-refractivity contribution in [3.63, 3.8) is 0 Å². The van der Waals surface area contributed by atoms with Crippen molar-refractivity contribution in [1.82, 2.24) is 24.9 Å². The number of hydrogen-bond acceptors (Lipinski definition) is 7. The largest absolute Gasteiger partial charge is 0.486 e. The first-order valence-corrected chi connectivity index (χ1v) is 9.43. The lowest BCUT2D eigenvalue weighted by molar-refractivity contribution is 0.0813. The molecule has 5 rings (SSSR count). The van der Waals surface area contributed by atoms with Crippen LogP contribution in [0.1, 0.15) is 36.2 Å². The van der Waals surface area contributed by atoms with E-state index in [0.29, 0.717) is 47.9 Å². The number of halogens is 1. The Morgan fingerprint density at radius 3 is 3.07 bits per heavy atom. The van der Waals surface area contributed by atoms with E-state index in [4.69, 9.17) is 9.47 Å². The van der Waals surface area contributed by atoms with E-state index in [0.717, 1.165) is 6.20 Å². The fourth-order valence-electron chi connectivity index (χ4n) is 3.54. The van der Waals surface area contributed by atoms with E-state index < -0.39 is 12.0 Å². The van der Waals surface area contributed by atoms with Gasteiger partial charge >= 0.3 is 0 Å². The van der Waals surface area contributed by atoms with Crippen LogP contribution in [0.15, 0.2) is 24.7 Å². The molecule has 2 atom stereocenters. The predicted molar refractivity (Wildman–Crippen MR) is 100 cm³/mol. The number of anilines is 1. The molecule has 0 aliphatic carbocycles. The van der Waals surface area contributed by atoms with Gasteiger partial charge in [0, 0.05) is 12.0 Å². The highest BCUT2D eigenvalue weighted by molar-refractivity contribution is 6.00. The summed E-state index contributed by atoms with van der Waals surface area (Å²) < 4.78 is 27.3. The molecule has 10 heteroatoms. The van der Waals surface area contributed by atoms with Crippen LogP contribution in [0.3, 0.4) is 0 Å². The Labute approximate surface area is 165 Å². The van der Waals surface area contributed by atoms with Gasteiger partial charge in [-0.15, -0.1) is 0 Å². The van der Waals surface area contributed by atoms with E-state index in [1.54, 1.807) is 6.20 Å². The standard InChI is InChI=1S/C19H19FN6O3/c1-3-15-23-18(27)13-6-22-26-8-14-17(24-16(13)26)25(10(2)9-28-14)7-11-4-12(20)5-21-19(11)29-15/h4-6,8,10,15H,3,7,9H2,1-2H3,(H,23,27)/t10-,15+/m1/s1. The van der Waals surface area contributed by atoms with E-state index in [1.807, 2.05) is 18.7 Å². The van der Waals surface area contributed by atoms with Crippen LogP contribution < -0.4 is 19.7 Å². The zero-order valence-electron chi connectivity index (χ0n) is 15.9. The molecule has 9 nitrogen and oxygen atoms in total. The molecule has 1 N–H and O–H groups in total. The van der Waals surface area contributed by atoms with E-state index >= 15 is 0 Å². The van der Waals surface area contributed by atoms with Crippen LogP contribution in [-0.2, 0) is 6.54 Å². The van der Waals surface area contributed by atoms with Crippen LogP contribution in [0.5, 0.6) is 11.6 Å². The van der Waals surface area contributed by atoms with Crippen molar-refractivity contribution < 1.29 is 18.7 Å². The SMILES string of the molecule is CC[C@H]1NC(=O)c2cnn3cc4c(nc23)N(Cc2cc(F)cnc2O1)[C@H](C)CO4. The minimum atomic E-state index is -0.630. The van der Waals surface area contributed by atoms with E-state index in [-0.39, 0.29) is 17.8 Å². The molecule has 5 heterocycles. The number of aromatic nitrogens is 4. The van der Waals surface area contributed by atoms with E-state index in [1.165, 1.54) is 16.8 Å². The number of amides is 1. The highest BCUT2D eigenvalue weighted by atomic mass is 19.1. The van der Waals surface area contributed by atoms with Gasteiger partial charge in [-0.25, -0.2) is 18.9 Å². The Morgan fingerprint density at radius 2 is 2.24 bits per heavy atom. The molecule has 29 heavy (non-hydrogen) atoms. The Morgan fingerprint density at radius 1 is 1.38 bits per heavy atom. The topological polar surface area (TPSA) is 93.9 Å². The summed E-state index contributed by atoms with van der Waals surface area (Å²) in [6.45, 7) is 4.63. The van der Waals surface area contributed by atoms with Crippen LogP contribution >= 0.6 is 0 Å². The lowest BCUT2D eigenvalue weighted by atomic mass is 10.1. The number of rotatable bonds is 1. The van der Waals surface area contributed by atoms with Crippen molar-refractivity contribution in [1.29, 1.82) is 0 Å². The maximum Gasteiger partial charge on any atom is 0.259 e. The predicted octanol–water partition coefficient (Wildman–Crippen LogP) is 1.91. The summed E-state index contributed by atoms with van der Waals surface area (Å²) in [7, 11) is 0. The Kier molecular flexibility index (Phi) is 4.00. The summed E-state index contributed by atoms with van der Waals surface area (Å²) in [5.41, 5.74) is 1.31. The molecule has 0 spiro atoms. The molecule has 0 saturated heterocycles. The van der Waals surface area contributed by atoms with Gasteiger partial charge in [0.05, 0.1) is 31.2 Å². The van der Waals surface area contributed by atoms with Gasteiger partial charge < -0.3 is 19.7 Å². The number of nitrogens with one attached hydrogen (secondary N) is 1. The van der Waals surface area contributed by atoms with Gasteiger partial charge in [-0.1, -0.05) is 6.92 Å². The van der Waals surface area contributed by atoms with Gasteiger partial charge in [-0.2, -0.15) is 5.10 Å². The highest BCUT2D eigenvalue weighted by Gasteiger charge is 2.30. The normalized spacial score (nSPS) is 20.9. The number of ether oxygens (including phenoxy) is 2. The van der Waals surface area contributed by atoms with Gasteiger partial charge in [0.25, 0.3) is 5.91 Å². The molecular weight excluding hydrogens is 379 g/mol. The molecule has 3 aromatic heterocycles. The molecular formula is C19H19FN6O3. The van der Waals surface area contributed by atoms with Gasteiger partial charge in [0.2, 0.25) is 5.88 Å². The number of carbonyl (C=O) groups is 1. The molecule has 2 bridgehead atoms. The first-order valence-electron chi connectivity index (χ1n) is 9.43. The zero-order valence-corrected chi connectivity index (χ0v) is 15.9. The van der Waals surface area contributed by atoms with Crippen LogP contribution in [0.4, 0.5) is 10.2 Å². The summed E-state index contributed by atoms with van der Waals surface area (Å²) in [6, 6.07) is 1.37. The quantitative estimate of drug-likeness (QED) is 0.669. The van der Waals surface area contributed by atoms with Crippen molar-refractivity contribution in [3.8, 4) is 11.6 Å². The van der Waals surface area contributed by atoms with Gasteiger partial charge in [0.1, 0.15) is 18.0 Å². The van der Waals surface area contributed by atoms with Crippen molar-refractivity contribution in [3.05, 3.63) is 41.6 Å². The number of nitrogens with zero attached hydrogens (tertiary/aromatic N) is 5. The highest BCUT2D eigenvalue weighted by Crippen LogP contribution is 2.35. The lowest BCUT2D eigenvalue weighted by Gasteiger charge is -2.36. The molecule has 2 aliphatic heterocycles. The van der Waals surface area contributed by atoms with Crippen molar-refractivity contribution in [2.24, 2.45) is 0 Å². The third-order valence-electron chi connectivity index (χ3n) is 5.12. The van der Waals surface area contributed by atoms with Crippen LogP contribution in [0.2, 0.25) is 0 Å². The van der Waals surface area contributed by atoms with Crippen molar-refractivity contribution >= 4 is 17.4 Å². The summed E-state index contributed by atoms with van der Waals surface area (Å²) >= 11 is 0. The first-order chi connectivity index (χ1) is 14.0. The molecule has 1 amide bonds. The minimum absolute atomic E-state index is 0.0290. The molecule has 150 valence electrons. The van der Waals surface area contributed by atoms with E-state index in [2.05, 4.69) is 20.4 Å². The van der Waals surface area contributed by atoms with Crippen LogP contribution in [0, 0.1) is 5.82 Å². The fourth-order valence-corrected chi connectivity index (χ4v) is 3.54. The van der Waals surface area contributed by atoms with Crippen molar-refractivity contribution in [2.45, 2.75) is 39.1 Å². The first kappa shape index (κ1) is 17.7. The molecule has 2 aliphatic rings. The molecule has 0 radical (unpaired) electrons. The Balaban J connectivity index is 1.73. The second kappa shape index (κ2) is 6.57. The van der Waals surface area contributed by atoms with Gasteiger partial charge in [-0.3, -0.25) is 4.79 Å². The Hall–Kier alpha value is -3.43. The average Bonchev–Trinajstić information content (AvgIpc) is 3.12. The zero-order chi connectivity index (χ0) is 20.1. The number of hydrogen-bond donors (Lipinski definition) is 1. The van der Waals surface area contributed by atoms with Gasteiger partial charge in [-0.05, 0) is 13.0 Å². The third-order valence-corrected chi connectivity index (χ3v) is 5.12. The molecule has 3 aromatic rings. The monoisotopic (exact) mass is 398 g/mol. The molecule has 0 unspecified atom stereocenters. The maximum atomic E-state index is 14.0. The van der Waals surface area contributed by atoms with Crippen molar-refractivity contribution in [2.75, 3.05) is 11.5 Å². The molecule has 0 fully saturated rings. The second-order valence-corrected chi connectivity index (χ2v) is 7.15. The second-order valence-electron chi connectivity index (χ2n) is 7.15. The molecule has 0 aromatic carbocycles. The smallest absolute Gasteiger partial charge is 0.259 e. The van der Waals surface area contributed by atoms with Crippen LogP contribution in [0.25, 0.3) is 5.65 Å². The average molecular weight is 398 g/mol. The molecule has 0 saturated carbocycles. The Bertz CT molecular complexity index is 1120. The summed E-state index contributed by atoms with van der Waals surface area (Å²) in [5.74, 6) is 0.560. The number of fused-ring (bicyclic) bond motifs is 1. The van der Waals surface area contributed by atoms with Gasteiger partial charge in [0.15, 0.2) is 23.4 Å². The van der Waals surface area contributed by atoms with E-state index in [9.17, 15) is 9.18 Å². The lowest BCUT2D eigenvalue weighted by Crippen LogP contribution is -2.42. The number of pyridine rings is 1. The summed E-state index contributed by atoms with van der Waals surface area (Å²) in [5, 5.41) is 7.06.